The molecule has 1 aliphatic rings. The smallest absolute Gasteiger partial charge is 0.242 e. The molecule has 0 aromatic carbocycles. The highest BCUT2D eigenvalue weighted by Crippen LogP contribution is 2.23. The molecule has 0 radical (unpaired) electrons. The molecule has 2 aromatic heterocycles. The highest BCUT2D eigenvalue weighted by molar-refractivity contribution is 6.01. The number of piperidine rings is 1. The third-order valence-corrected chi connectivity index (χ3v) is 3.59. The normalized spacial score (nSPS) is 19.8. The van der Waals surface area contributed by atoms with Crippen molar-refractivity contribution in [1.29, 1.82) is 0 Å². The summed E-state index contributed by atoms with van der Waals surface area (Å²) in [6.07, 6.45) is 3.12. The molecule has 0 unspecified atom stereocenters. The Kier molecular flexibility index (Phi) is 2.98. The van der Waals surface area contributed by atoms with Gasteiger partial charge >= 0.3 is 0 Å². The third-order valence-electron chi connectivity index (χ3n) is 3.59. The molecule has 0 saturated carbocycles. The predicted octanol–water partition coefficient (Wildman–Crippen LogP) is 0.685. The van der Waals surface area contributed by atoms with E-state index in [0.29, 0.717) is 5.82 Å². The molecule has 1 fully saturated rings. The summed E-state index contributed by atoms with van der Waals surface area (Å²) in [5.74, 6) is 0.631. The van der Waals surface area contributed by atoms with E-state index in [-0.39, 0.29) is 11.9 Å². The van der Waals surface area contributed by atoms with Gasteiger partial charge in [0.15, 0.2) is 5.65 Å². The van der Waals surface area contributed by atoms with Crippen molar-refractivity contribution in [2.45, 2.75) is 32.2 Å². The summed E-state index contributed by atoms with van der Waals surface area (Å²) in [5, 5.41) is 18.4. The van der Waals surface area contributed by atoms with Crippen LogP contribution in [0, 0.1) is 6.92 Å². The van der Waals surface area contributed by atoms with Crippen LogP contribution < -0.4 is 10.6 Å². The van der Waals surface area contributed by atoms with Crippen LogP contribution in [0.2, 0.25) is 0 Å². The van der Waals surface area contributed by atoms with E-state index in [2.05, 4.69) is 25.9 Å². The van der Waals surface area contributed by atoms with Crippen molar-refractivity contribution < 1.29 is 4.79 Å². The standard InChI is InChI=1S/C12H18N6O/c1-7-9-10(15-16-11(9)18(2)17-7)14-12(19)8-5-3-4-6-13-8/h8,13H,3-6H2,1-2H3,(H2,14,15,16,19)/t8-/m0/s1. The number of carbonyl (C=O) groups is 1. The Morgan fingerprint density at radius 3 is 3.05 bits per heavy atom. The maximum atomic E-state index is 12.2. The second kappa shape index (κ2) is 4.65. The Balaban J connectivity index is 1.83. The van der Waals surface area contributed by atoms with Gasteiger partial charge in [-0.25, -0.2) is 4.68 Å². The Hall–Kier alpha value is -1.89. The van der Waals surface area contributed by atoms with Gasteiger partial charge in [0.05, 0.1) is 17.1 Å². The first-order valence-electron chi connectivity index (χ1n) is 6.58. The second-order valence-corrected chi connectivity index (χ2v) is 5.00. The lowest BCUT2D eigenvalue weighted by Gasteiger charge is -2.22. The van der Waals surface area contributed by atoms with Crippen molar-refractivity contribution in [2.75, 3.05) is 11.9 Å². The first-order valence-corrected chi connectivity index (χ1v) is 6.58. The third kappa shape index (κ3) is 2.10. The van der Waals surface area contributed by atoms with E-state index < -0.39 is 0 Å². The highest BCUT2D eigenvalue weighted by atomic mass is 16.2. The topological polar surface area (TPSA) is 87.6 Å². The number of hydrogen-bond acceptors (Lipinski definition) is 4. The molecule has 19 heavy (non-hydrogen) atoms. The number of amides is 1. The summed E-state index contributed by atoms with van der Waals surface area (Å²) in [7, 11) is 1.84. The maximum Gasteiger partial charge on any atom is 0.242 e. The van der Waals surface area contributed by atoms with Gasteiger partial charge < -0.3 is 10.6 Å². The van der Waals surface area contributed by atoms with Crippen LogP contribution in [-0.2, 0) is 11.8 Å². The van der Waals surface area contributed by atoms with E-state index in [1.165, 1.54) is 0 Å². The SMILES string of the molecule is Cc1nn(C)c2n[nH]c(NC(=O)[C@@H]3CCCCN3)c12. The van der Waals surface area contributed by atoms with E-state index in [4.69, 9.17) is 0 Å². The second-order valence-electron chi connectivity index (χ2n) is 5.00. The zero-order valence-electron chi connectivity index (χ0n) is 11.2. The maximum absolute atomic E-state index is 12.2. The average molecular weight is 262 g/mol. The summed E-state index contributed by atoms with van der Waals surface area (Å²) >= 11 is 0. The van der Waals surface area contributed by atoms with E-state index in [0.717, 1.165) is 42.5 Å². The molecule has 0 spiro atoms. The largest absolute Gasteiger partial charge is 0.309 e. The molecule has 0 bridgehead atoms. The lowest BCUT2D eigenvalue weighted by atomic mass is 10.0. The lowest BCUT2D eigenvalue weighted by molar-refractivity contribution is -0.118. The van der Waals surface area contributed by atoms with Gasteiger partial charge in [0.1, 0.15) is 5.82 Å². The molecule has 1 atom stereocenters. The van der Waals surface area contributed by atoms with Crippen LogP contribution in [0.25, 0.3) is 11.0 Å². The number of fused-ring (bicyclic) bond motifs is 1. The fourth-order valence-corrected chi connectivity index (χ4v) is 2.61. The number of H-pyrrole nitrogens is 1. The van der Waals surface area contributed by atoms with Crippen molar-refractivity contribution in [3.05, 3.63) is 5.69 Å². The summed E-state index contributed by atoms with van der Waals surface area (Å²) < 4.78 is 1.70. The molecule has 102 valence electrons. The number of carbonyl (C=O) groups excluding carboxylic acids is 1. The first kappa shape index (κ1) is 12.2. The van der Waals surface area contributed by atoms with Crippen LogP contribution in [-0.4, -0.2) is 38.5 Å². The minimum absolute atomic E-state index is 0.00602. The molecule has 1 saturated heterocycles. The van der Waals surface area contributed by atoms with E-state index in [1.807, 2.05) is 14.0 Å². The van der Waals surface area contributed by atoms with Gasteiger partial charge in [0.2, 0.25) is 5.91 Å². The van der Waals surface area contributed by atoms with Gasteiger partial charge in [-0.3, -0.25) is 9.89 Å². The predicted molar refractivity (Wildman–Crippen MR) is 71.9 cm³/mol. The number of hydrogen-bond donors (Lipinski definition) is 3. The van der Waals surface area contributed by atoms with Gasteiger partial charge in [0, 0.05) is 7.05 Å². The zero-order chi connectivity index (χ0) is 13.4. The molecule has 3 N–H and O–H groups in total. The number of rotatable bonds is 2. The Morgan fingerprint density at radius 1 is 1.47 bits per heavy atom. The number of nitrogens with zero attached hydrogens (tertiary/aromatic N) is 3. The Morgan fingerprint density at radius 2 is 2.32 bits per heavy atom. The number of nitrogens with one attached hydrogen (secondary N) is 3. The van der Waals surface area contributed by atoms with Gasteiger partial charge in [-0.05, 0) is 26.3 Å². The average Bonchev–Trinajstić information content (AvgIpc) is 2.94. The lowest BCUT2D eigenvalue weighted by Crippen LogP contribution is -2.43. The number of anilines is 1. The van der Waals surface area contributed by atoms with Crippen molar-refractivity contribution >= 4 is 22.8 Å². The van der Waals surface area contributed by atoms with E-state index >= 15 is 0 Å². The molecule has 3 heterocycles. The van der Waals surface area contributed by atoms with Crippen molar-refractivity contribution in [3.63, 3.8) is 0 Å². The summed E-state index contributed by atoms with van der Waals surface area (Å²) in [4.78, 5) is 12.2. The monoisotopic (exact) mass is 262 g/mol. The number of aromatic amines is 1. The zero-order valence-corrected chi connectivity index (χ0v) is 11.2. The molecule has 2 aromatic rings. The Labute approximate surface area is 110 Å². The fraction of sp³-hybridized carbons (Fsp3) is 0.583. The van der Waals surface area contributed by atoms with Crippen LogP contribution in [0.15, 0.2) is 0 Å². The summed E-state index contributed by atoms with van der Waals surface area (Å²) in [5.41, 5.74) is 1.61. The molecule has 1 aliphatic heterocycles. The van der Waals surface area contributed by atoms with E-state index in [9.17, 15) is 4.79 Å². The van der Waals surface area contributed by atoms with Crippen molar-refractivity contribution in [3.8, 4) is 0 Å². The molecule has 1 amide bonds. The molecule has 0 aliphatic carbocycles. The highest BCUT2D eigenvalue weighted by Gasteiger charge is 2.22. The number of aryl methyl sites for hydroxylation is 2. The van der Waals surface area contributed by atoms with Crippen LogP contribution >= 0.6 is 0 Å². The van der Waals surface area contributed by atoms with Gasteiger partial charge in [-0.15, -0.1) is 0 Å². The Bertz CT molecular complexity index is 607. The molecule has 7 nitrogen and oxygen atoms in total. The number of aromatic nitrogens is 4. The molecule has 7 heteroatoms. The van der Waals surface area contributed by atoms with Gasteiger partial charge in [-0.1, -0.05) is 6.42 Å². The van der Waals surface area contributed by atoms with Crippen molar-refractivity contribution in [1.82, 2.24) is 25.3 Å². The quantitative estimate of drug-likeness (QED) is 0.743. The van der Waals surface area contributed by atoms with Crippen LogP contribution in [0.1, 0.15) is 25.0 Å². The van der Waals surface area contributed by atoms with Gasteiger partial charge in [-0.2, -0.15) is 10.2 Å². The van der Waals surface area contributed by atoms with Crippen LogP contribution in [0.4, 0.5) is 5.82 Å². The first-order chi connectivity index (χ1) is 9.16. The van der Waals surface area contributed by atoms with Crippen molar-refractivity contribution in [2.24, 2.45) is 7.05 Å². The van der Waals surface area contributed by atoms with Crippen LogP contribution in [0.5, 0.6) is 0 Å². The summed E-state index contributed by atoms with van der Waals surface area (Å²) in [6, 6.07) is -0.107. The fourth-order valence-electron chi connectivity index (χ4n) is 2.61. The molecular weight excluding hydrogens is 244 g/mol. The minimum Gasteiger partial charge on any atom is -0.309 e. The molecular formula is C12H18N6O. The van der Waals surface area contributed by atoms with Gasteiger partial charge in [0.25, 0.3) is 0 Å². The summed E-state index contributed by atoms with van der Waals surface area (Å²) in [6.45, 7) is 2.81. The van der Waals surface area contributed by atoms with E-state index in [1.54, 1.807) is 4.68 Å². The molecule has 3 rings (SSSR count). The van der Waals surface area contributed by atoms with Crippen LogP contribution in [0.3, 0.4) is 0 Å². The minimum atomic E-state index is -0.107.